The van der Waals surface area contributed by atoms with Gasteiger partial charge in [0.2, 0.25) is 0 Å². The molecule has 1 unspecified atom stereocenters. The minimum absolute atomic E-state index is 0.0246. The number of carbonyl (C=O) groups is 1. The monoisotopic (exact) mass is 210 g/mol. The van der Waals surface area contributed by atoms with Crippen molar-refractivity contribution in [2.75, 3.05) is 7.05 Å². The van der Waals surface area contributed by atoms with Crippen LogP contribution < -0.4 is 4.57 Å². The second-order valence-electron chi connectivity index (χ2n) is 4.02. The van der Waals surface area contributed by atoms with Gasteiger partial charge in [-0.15, -0.1) is 0 Å². The van der Waals surface area contributed by atoms with Crippen LogP contribution in [0.2, 0.25) is 0 Å². The lowest BCUT2D eigenvalue weighted by molar-refractivity contribution is -0.670. The van der Waals surface area contributed by atoms with Crippen LogP contribution in [0.15, 0.2) is 18.7 Å². The summed E-state index contributed by atoms with van der Waals surface area (Å²) in [6, 6.07) is 0.312. The summed E-state index contributed by atoms with van der Waals surface area (Å²) in [5.74, 6) is 0. The molecule has 15 heavy (non-hydrogen) atoms. The predicted molar refractivity (Wildman–Crippen MR) is 58.5 cm³/mol. The number of hydrogen-bond acceptors (Lipinski definition) is 1. The van der Waals surface area contributed by atoms with Gasteiger partial charge in [-0.25, -0.2) is 9.36 Å². The van der Waals surface area contributed by atoms with E-state index in [0.29, 0.717) is 0 Å². The Morgan fingerprint density at radius 1 is 1.60 bits per heavy atom. The molecule has 0 aliphatic carbocycles. The summed E-state index contributed by atoms with van der Waals surface area (Å²) < 4.78 is 3.46. The molecular formula is C11H20N3O+. The van der Waals surface area contributed by atoms with Crippen LogP contribution in [-0.4, -0.2) is 28.6 Å². The average Bonchev–Trinajstić information content (AvgIpc) is 2.63. The number of carbonyl (C=O) groups excluding carboxylic acids is 1. The van der Waals surface area contributed by atoms with Crippen molar-refractivity contribution < 1.29 is 9.36 Å². The van der Waals surface area contributed by atoms with Gasteiger partial charge in [0, 0.05) is 13.1 Å². The summed E-state index contributed by atoms with van der Waals surface area (Å²) in [7, 11) is 3.75. The number of amides is 1. The second-order valence-corrected chi connectivity index (χ2v) is 4.02. The molecular weight excluding hydrogens is 190 g/mol. The molecule has 0 aliphatic rings. The lowest BCUT2D eigenvalue weighted by atomic mass is 10.2. The number of nitrogens with zero attached hydrogens (tertiary/aromatic N) is 3. The summed E-state index contributed by atoms with van der Waals surface area (Å²) in [5.41, 5.74) is 0. The van der Waals surface area contributed by atoms with Crippen molar-refractivity contribution in [1.82, 2.24) is 9.47 Å². The van der Waals surface area contributed by atoms with E-state index in [2.05, 4.69) is 13.8 Å². The van der Waals surface area contributed by atoms with E-state index in [9.17, 15) is 4.79 Å². The van der Waals surface area contributed by atoms with Gasteiger partial charge in [-0.3, -0.25) is 0 Å². The fourth-order valence-electron chi connectivity index (χ4n) is 1.55. The highest BCUT2D eigenvalue weighted by atomic mass is 16.2. The van der Waals surface area contributed by atoms with E-state index in [1.807, 2.05) is 24.9 Å². The van der Waals surface area contributed by atoms with E-state index >= 15 is 0 Å². The number of imidazole rings is 1. The fourth-order valence-corrected chi connectivity index (χ4v) is 1.55. The number of aromatic nitrogens is 2. The summed E-state index contributed by atoms with van der Waals surface area (Å²) in [5, 5.41) is 0. The normalized spacial score (nSPS) is 12.5. The van der Waals surface area contributed by atoms with E-state index in [1.165, 1.54) is 0 Å². The molecule has 0 bridgehead atoms. The third-order valence-electron chi connectivity index (χ3n) is 2.66. The fraction of sp³-hybridized carbons (Fsp3) is 0.636. The SMILES string of the molecule is CCCC(C)N(C)C(=O)n1cc[n+](C)c1. The largest absolute Gasteiger partial charge is 0.415 e. The van der Waals surface area contributed by atoms with Crippen LogP contribution in [0.3, 0.4) is 0 Å². The van der Waals surface area contributed by atoms with Gasteiger partial charge >= 0.3 is 6.03 Å². The molecule has 1 amide bonds. The van der Waals surface area contributed by atoms with Crippen molar-refractivity contribution in [2.24, 2.45) is 7.05 Å². The van der Waals surface area contributed by atoms with Crippen molar-refractivity contribution in [1.29, 1.82) is 0 Å². The lowest BCUT2D eigenvalue weighted by Gasteiger charge is -2.21. The van der Waals surface area contributed by atoms with Gasteiger partial charge in [0.15, 0.2) is 0 Å². The Kier molecular flexibility index (Phi) is 3.88. The van der Waals surface area contributed by atoms with E-state index in [0.717, 1.165) is 12.8 Å². The molecule has 0 fully saturated rings. The first-order valence-corrected chi connectivity index (χ1v) is 5.36. The molecule has 0 saturated carbocycles. The van der Waals surface area contributed by atoms with Crippen molar-refractivity contribution >= 4 is 6.03 Å². The van der Waals surface area contributed by atoms with Gasteiger partial charge in [0.25, 0.3) is 6.33 Å². The van der Waals surface area contributed by atoms with Gasteiger partial charge in [-0.2, -0.15) is 4.57 Å². The quantitative estimate of drug-likeness (QED) is 0.693. The minimum atomic E-state index is 0.0246. The Balaban J connectivity index is 2.68. The third kappa shape index (κ3) is 2.81. The van der Waals surface area contributed by atoms with Gasteiger partial charge < -0.3 is 4.90 Å². The summed E-state index contributed by atoms with van der Waals surface area (Å²) >= 11 is 0. The van der Waals surface area contributed by atoms with Crippen LogP contribution >= 0.6 is 0 Å². The maximum atomic E-state index is 11.9. The molecule has 0 saturated heterocycles. The summed E-state index contributed by atoms with van der Waals surface area (Å²) in [4.78, 5) is 13.7. The maximum Gasteiger partial charge on any atom is 0.415 e. The van der Waals surface area contributed by atoms with Crippen molar-refractivity contribution in [3.05, 3.63) is 18.7 Å². The smallest absolute Gasteiger partial charge is 0.305 e. The highest BCUT2D eigenvalue weighted by molar-refractivity contribution is 5.76. The standard InChI is InChI=1S/C11H20N3O/c1-5-6-10(2)13(4)11(15)14-8-7-12(3)9-14/h7-10H,5-6H2,1-4H3/q+1. The highest BCUT2D eigenvalue weighted by Gasteiger charge is 2.20. The van der Waals surface area contributed by atoms with Crippen LogP contribution in [0.1, 0.15) is 26.7 Å². The Morgan fingerprint density at radius 3 is 2.73 bits per heavy atom. The average molecular weight is 210 g/mol. The molecule has 1 rings (SSSR count). The molecule has 1 aromatic heterocycles. The topological polar surface area (TPSA) is 29.1 Å². The predicted octanol–water partition coefficient (Wildman–Crippen LogP) is 1.40. The van der Waals surface area contributed by atoms with Crippen LogP contribution in [0.4, 0.5) is 4.79 Å². The molecule has 0 spiro atoms. The zero-order valence-electron chi connectivity index (χ0n) is 9.97. The first-order valence-electron chi connectivity index (χ1n) is 5.36. The van der Waals surface area contributed by atoms with Crippen LogP contribution in [-0.2, 0) is 7.05 Å². The molecule has 1 atom stereocenters. The van der Waals surface area contributed by atoms with Crippen molar-refractivity contribution in [2.45, 2.75) is 32.7 Å². The minimum Gasteiger partial charge on any atom is -0.305 e. The first-order chi connectivity index (χ1) is 7.06. The Labute approximate surface area is 91.1 Å². The molecule has 1 heterocycles. The second kappa shape index (κ2) is 4.96. The molecule has 0 aliphatic heterocycles. The van der Waals surface area contributed by atoms with Gasteiger partial charge in [0.05, 0.1) is 7.05 Å². The van der Waals surface area contributed by atoms with E-state index in [-0.39, 0.29) is 12.1 Å². The molecule has 1 aromatic rings. The van der Waals surface area contributed by atoms with E-state index in [4.69, 9.17) is 0 Å². The molecule has 84 valence electrons. The molecule has 0 N–H and O–H groups in total. The Bertz CT molecular complexity index is 332. The van der Waals surface area contributed by atoms with Crippen LogP contribution in [0.25, 0.3) is 0 Å². The lowest BCUT2D eigenvalue weighted by Crippen LogP contribution is -2.38. The first kappa shape index (κ1) is 11.8. The molecule has 0 radical (unpaired) electrons. The van der Waals surface area contributed by atoms with Crippen LogP contribution in [0.5, 0.6) is 0 Å². The van der Waals surface area contributed by atoms with Gasteiger partial charge in [-0.05, 0) is 13.3 Å². The molecule has 4 nitrogen and oxygen atoms in total. The van der Waals surface area contributed by atoms with E-state index in [1.54, 1.807) is 22.0 Å². The number of hydrogen-bond donors (Lipinski definition) is 0. The zero-order valence-corrected chi connectivity index (χ0v) is 9.97. The molecule has 4 heteroatoms. The van der Waals surface area contributed by atoms with Gasteiger partial charge in [0.1, 0.15) is 12.4 Å². The van der Waals surface area contributed by atoms with Gasteiger partial charge in [-0.1, -0.05) is 13.3 Å². The number of aryl methyl sites for hydroxylation is 1. The van der Waals surface area contributed by atoms with E-state index < -0.39 is 0 Å². The maximum absolute atomic E-state index is 11.9. The van der Waals surface area contributed by atoms with Crippen molar-refractivity contribution in [3.63, 3.8) is 0 Å². The van der Waals surface area contributed by atoms with Crippen LogP contribution in [0, 0.1) is 0 Å². The summed E-state index contributed by atoms with van der Waals surface area (Å²) in [6.45, 7) is 4.20. The van der Waals surface area contributed by atoms with Crippen molar-refractivity contribution in [3.8, 4) is 0 Å². The zero-order chi connectivity index (χ0) is 11.4. The highest BCUT2D eigenvalue weighted by Crippen LogP contribution is 2.05. The summed E-state index contributed by atoms with van der Waals surface area (Å²) in [6.07, 6.45) is 7.54. The Morgan fingerprint density at radius 2 is 2.27 bits per heavy atom. The number of rotatable bonds is 3. The Hall–Kier alpha value is -1.32. The third-order valence-corrected chi connectivity index (χ3v) is 2.66. The molecule has 0 aromatic carbocycles.